The van der Waals surface area contributed by atoms with Gasteiger partial charge in [-0.2, -0.15) is 0 Å². The van der Waals surface area contributed by atoms with E-state index in [1.54, 1.807) is 25.3 Å². The standard InChI is InChI=1S/C15H20N4O2/c1-3-6-16-15(21)14-5-4-13(11-17-14)19-9-7-18(8-10-19)12(2)20/h3-5,11H,1,6-10H2,2H3,(H,16,21). The molecular weight excluding hydrogens is 268 g/mol. The van der Waals surface area contributed by atoms with Crippen LogP contribution in [0.1, 0.15) is 17.4 Å². The van der Waals surface area contributed by atoms with Crippen molar-refractivity contribution < 1.29 is 9.59 Å². The van der Waals surface area contributed by atoms with Crippen LogP contribution in [0.4, 0.5) is 5.69 Å². The van der Waals surface area contributed by atoms with Gasteiger partial charge in [0.05, 0.1) is 11.9 Å². The van der Waals surface area contributed by atoms with Crippen LogP contribution in [-0.2, 0) is 4.79 Å². The average molecular weight is 288 g/mol. The monoisotopic (exact) mass is 288 g/mol. The second-order valence-electron chi connectivity index (χ2n) is 4.89. The Hall–Kier alpha value is -2.37. The number of anilines is 1. The highest BCUT2D eigenvalue weighted by Crippen LogP contribution is 2.15. The summed E-state index contributed by atoms with van der Waals surface area (Å²) in [4.78, 5) is 31.2. The summed E-state index contributed by atoms with van der Waals surface area (Å²) in [5, 5.41) is 2.69. The quantitative estimate of drug-likeness (QED) is 0.827. The van der Waals surface area contributed by atoms with Gasteiger partial charge < -0.3 is 15.1 Å². The van der Waals surface area contributed by atoms with Crippen LogP contribution in [0.2, 0.25) is 0 Å². The van der Waals surface area contributed by atoms with Crippen molar-refractivity contribution in [1.29, 1.82) is 0 Å². The van der Waals surface area contributed by atoms with Crippen molar-refractivity contribution in [2.24, 2.45) is 0 Å². The molecule has 0 bridgehead atoms. The van der Waals surface area contributed by atoms with Crippen LogP contribution in [0.5, 0.6) is 0 Å². The maximum absolute atomic E-state index is 11.7. The average Bonchev–Trinajstić information content (AvgIpc) is 2.53. The Morgan fingerprint density at radius 3 is 2.57 bits per heavy atom. The van der Waals surface area contributed by atoms with E-state index in [4.69, 9.17) is 0 Å². The third-order valence-corrected chi connectivity index (χ3v) is 3.48. The number of carbonyl (C=O) groups is 2. The van der Waals surface area contributed by atoms with Gasteiger partial charge in [0.1, 0.15) is 5.69 Å². The number of piperazine rings is 1. The van der Waals surface area contributed by atoms with Crippen LogP contribution in [0.15, 0.2) is 31.0 Å². The minimum Gasteiger partial charge on any atom is -0.367 e. The summed E-state index contributed by atoms with van der Waals surface area (Å²) in [5.41, 5.74) is 1.36. The first-order valence-electron chi connectivity index (χ1n) is 6.97. The minimum absolute atomic E-state index is 0.113. The van der Waals surface area contributed by atoms with Crippen molar-refractivity contribution in [1.82, 2.24) is 15.2 Å². The number of hydrogen-bond acceptors (Lipinski definition) is 4. The lowest BCUT2D eigenvalue weighted by atomic mass is 10.2. The molecule has 1 aliphatic heterocycles. The summed E-state index contributed by atoms with van der Waals surface area (Å²) in [6, 6.07) is 3.60. The van der Waals surface area contributed by atoms with Crippen molar-refractivity contribution in [3.8, 4) is 0 Å². The summed E-state index contributed by atoms with van der Waals surface area (Å²) in [6.45, 7) is 8.57. The van der Waals surface area contributed by atoms with Crippen LogP contribution < -0.4 is 10.2 Å². The Kier molecular flexibility index (Phi) is 4.92. The largest absolute Gasteiger partial charge is 0.367 e. The molecular formula is C15H20N4O2. The normalized spacial score (nSPS) is 14.7. The zero-order valence-corrected chi connectivity index (χ0v) is 12.2. The van der Waals surface area contributed by atoms with Crippen molar-refractivity contribution in [3.63, 3.8) is 0 Å². The van der Waals surface area contributed by atoms with Gasteiger partial charge in [-0.3, -0.25) is 9.59 Å². The predicted octanol–water partition coefficient (Wildman–Crippen LogP) is 0.666. The lowest BCUT2D eigenvalue weighted by Gasteiger charge is -2.35. The van der Waals surface area contributed by atoms with Gasteiger partial charge in [0, 0.05) is 39.6 Å². The Labute approximate surface area is 124 Å². The van der Waals surface area contributed by atoms with Gasteiger partial charge in [0.25, 0.3) is 5.91 Å². The number of carbonyl (C=O) groups excluding carboxylic acids is 2. The van der Waals surface area contributed by atoms with Crippen molar-refractivity contribution in [2.45, 2.75) is 6.92 Å². The Morgan fingerprint density at radius 2 is 2.05 bits per heavy atom. The minimum atomic E-state index is -0.206. The number of nitrogens with zero attached hydrogens (tertiary/aromatic N) is 3. The van der Waals surface area contributed by atoms with Gasteiger partial charge in [0.15, 0.2) is 0 Å². The lowest BCUT2D eigenvalue weighted by Crippen LogP contribution is -2.48. The molecule has 21 heavy (non-hydrogen) atoms. The molecule has 1 aromatic heterocycles. The molecule has 0 aromatic carbocycles. The van der Waals surface area contributed by atoms with Crippen molar-refractivity contribution in [3.05, 3.63) is 36.7 Å². The van der Waals surface area contributed by atoms with Gasteiger partial charge in [-0.05, 0) is 12.1 Å². The van der Waals surface area contributed by atoms with Crippen LogP contribution in [0, 0.1) is 0 Å². The van der Waals surface area contributed by atoms with Crippen LogP contribution in [0.3, 0.4) is 0 Å². The maximum atomic E-state index is 11.7. The summed E-state index contributed by atoms with van der Waals surface area (Å²) >= 11 is 0. The predicted molar refractivity (Wildman–Crippen MR) is 81.2 cm³/mol. The highest BCUT2D eigenvalue weighted by atomic mass is 16.2. The molecule has 1 aliphatic rings. The molecule has 0 saturated carbocycles. The first-order valence-corrected chi connectivity index (χ1v) is 6.97. The van der Waals surface area contributed by atoms with E-state index in [9.17, 15) is 9.59 Å². The van der Waals surface area contributed by atoms with Gasteiger partial charge in [0.2, 0.25) is 5.91 Å². The Bertz CT molecular complexity index is 519. The lowest BCUT2D eigenvalue weighted by molar-refractivity contribution is -0.129. The molecule has 0 spiro atoms. The fourth-order valence-corrected chi connectivity index (χ4v) is 2.24. The van der Waals surface area contributed by atoms with E-state index in [0.29, 0.717) is 12.2 Å². The number of rotatable bonds is 4. The molecule has 0 unspecified atom stereocenters. The Balaban J connectivity index is 1.95. The highest BCUT2D eigenvalue weighted by molar-refractivity contribution is 5.92. The number of aromatic nitrogens is 1. The number of nitrogens with one attached hydrogen (secondary N) is 1. The van der Waals surface area contributed by atoms with E-state index in [1.165, 1.54) is 0 Å². The zero-order chi connectivity index (χ0) is 15.2. The third-order valence-electron chi connectivity index (χ3n) is 3.48. The molecule has 0 aliphatic carbocycles. The van der Waals surface area contributed by atoms with Crippen LogP contribution >= 0.6 is 0 Å². The molecule has 1 aromatic rings. The molecule has 1 saturated heterocycles. The van der Waals surface area contributed by atoms with E-state index in [0.717, 1.165) is 31.9 Å². The third kappa shape index (κ3) is 3.81. The molecule has 112 valence electrons. The first-order chi connectivity index (χ1) is 10.1. The molecule has 0 radical (unpaired) electrons. The first kappa shape index (κ1) is 15.0. The van der Waals surface area contributed by atoms with Gasteiger partial charge >= 0.3 is 0 Å². The zero-order valence-electron chi connectivity index (χ0n) is 12.2. The fourth-order valence-electron chi connectivity index (χ4n) is 2.24. The number of hydrogen-bond donors (Lipinski definition) is 1. The van der Waals surface area contributed by atoms with Crippen molar-refractivity contribution >= 4 is 17.5 Å². The number of pyridine rings is 1. The molecule has 2 amide bonds. The molecule has 6 nitrogen and oxygen atoms in total. The second kappa shape index (κ2) is 6.88. The van der Waals surface area contributed by atoms with Crippen LogP contribution in [0.25, 0.3) is 0 Å². The molecule has 1 fully saturated rings. The summed E-state index contributed by atoms with van der Waals surface area (Å²) in [5.74, 6) is -0.0927. The van der Waals surface area contributed by atoms with E-state index >= 15 is 0 Å². The van der Waals surface area contributed by atoms with E-state index in [2.05, 4.69) is 21.8 Å². The smallest absolute Gasteiger partial charge is 0.270 e. The van der Waals surface area contributed by atoms with Gasteiger partial charge in [-0.1, -0.05) is 6.08 Å². The van der Waals surface area contributed by atoms with E-state index < -0.39 is 0 Å². The highest BCUT2D eigenvalue weighted by Gasteiger charge is 2.19. The van der Waals surface area contributed by atoms with Crippen LogP contribution in [-0.4, -0.2) is 54.4 Å². The molecule has 2 heterocycles. The molecule has 1 N–H and O–H groups in total. The van der Waals surface area contributed by atoms with Crippen molar-refractivity contribution in [2.75, 3.05) is 37.6 Å². The summed E-state index contributed by atoms with van der Waals surface area (Å²) in [7, 11) is 0. The number of amides is 2. The van der Waals surface area contributed by atoms with E-state index in [1.807, 2.05) is 11.0 Å². The molecule has 6 heteroatoms. The van der Waals surface area contributed by atoms with E-state index in [-0.39, 0.29) is 11.8 Å². The molecule has 0 atom stereocenters. The molecule has 2 rings (SSSR count). The fraction of sp³-hybridized carbons (Fsp3) is 0.400. The summed E-state index contributed by atoms with van der Waals surface area (Å²) < 4.78 is 0. The summed E-state index contributed by atoms with van der Waals surface area (Å²) in [6.07, 6.45) is 3.33. The topological polar surface area (TPSA) is 65.5 Å². The second-order valence-corrected chi connectivity index (χ2v) is 4.89. The van der Waals surface area contributed by atoms with Gasteiger partial charge in [-0.25, -0.2) is 4.98 Å². The maximum Gasteiger partial charge on any atom is 0.270 e. The Morgan fingerprint density at radius 1 is 1.33 bits per heavy atom. The SMILES string of the molecule is C=CCNC(=O)c1ccc(N2CCN(C(C)=O)CC2)cn1. The van der Waals surface area contributed by atoms with Gasteiger partial charge in [-0.15, -0.1) is 6.58 Å².